The van der Waals surface area contributed by atoms with Crippen LogP contribution in [0.1, 0.15) is 25.1 Å². The Bertz CT molecular complexity index is 530. The molecular weight excluding hydrogens is 264 g/mol. The van der Waals surface area contributed by atoms with Gasteiger partial charge >= 0.3 is 0 Å². The van der Waals surface area contributed by atoms with E-state index < -0.39 is 0 Å². The number of nitrogens with zero attached hydrogens (tertiary/aromatic N) is 1. The molecule has 2 aromatic rings. The van der Waals surface area contributed by atoms with Crippen molar-refractivity contribution in [3.8, 4) is 0 Å². The van der Waals surface area contributed by atoms with Gasteiger partial charge in [-0.1, -0.05) is 28.9 Å². The Kier molecular flexibility index (Phi) is 2.52. The number of aromatic nitrogens is 1. The van der Waals surface area contributed by atoms with Gasteiger partial charge in [0.05, 0.1) is 0 Å². The normalized spacial score (nSPS) is 20.0. The molecule has 0 saturated heterocycles. The van der Waals surface area contributed by atoms with Crippen molar-refractivity contribution in [3.05, 3.63) is 34.4 Å². The number of halogens is 1. The molecule has 0 fully saturated rings. The first kappa shape index (κ1) is 10.4. The first-order chi connectivity index (χ1) is 7.79. The molecule has 1 N–H and O–H groups in total. The average molecular weight is 279 g/mol. The molecule has 1 unspecified atom stereocenters. The van der Waals surface area contributed by atoms with Crippen molar-refractivity contribution in [3.63, 3.8) is 0 Å². The van der Waals surface area contributed by atoms with Crippen molar-refractivity contribution in [1.82, 2.24) is 9.88 Å². The second-order valence-corrected chi connectivity index (χ2v) is 5.32. The Morgan fingerprint density at radius 2 is 2.31 bits per heavy atom. The molecule has 0 saturated carbocycles. The molecule has 84 valence electrons. The SMILES string of the molecule is CCC1CNCc2cc3ccc(Br)cc3n21. The van der Waals surface area contributed by atoms with Crippen LogP contribution in [0.5, 0.6) is 0 Å². The predicted octanol–water partition coefficient (Wildman–Crippen LogP) is 3.46. The molecular formula is C13H15BrN2. The molecule has 0 aliphatic carbocycles. The van der Waals surface area contributed by atoms with Crippen LogP contribution in [0.15, 0.2) is 28.7 Å². The lowest BCUT2D eigenvalue weighted by Gasteiger charge is -2.27. The van der Waals surface area contributed by atoms with Crippen LogP contribution in [-0.2, 0) is 6.54 Å². The summed E-state index contributed by atoms with van der Waals surface area (Å²) in [6.45, 7) is 4.33. The van der Waals surface area contributed by atoms with E-state index in [0.717, 1.165) is 17.6 Å². The van der Waals surface area contributed by atoms with E-state index in [9.17, 15) is 0 Å². The Labute approximate surface area is 104 Å². The smallest absolute Gasteiger partial charge is 0.0497 e. The highest BCUT2D eigenvalue weighted by Gasteiger charge is 2.20. The van der Waals surface area contributed by atoms with Crippen molar-refractivity contribution in [2.24, 2.45) is 0 Å². The van der Waals surface area contributed by atoms with Gasteiger partial charge in [0.15, 0.2) is 0 Å². The van der Waals surface area contributed by atoms with Gasteiger partial charge in [0.2, 0.25) is 0 Å². The second kappa shape index (κ2) is 3.90. The molecule has 1 aromatic carbocycles. The third kappa shape index (κ3) is 1.50. The molecule has 2 heterocycles. The van der Waals surface area contributed by atoms with Gasteiger partial charge in [-0.25, -0.2) is 0 Å². The Balaban J connectivity index is 2.27. The molecule has 2 nitrogen and oxygen atoms in total. The molecule has 0 radical (unpaired) electrons. The summed E-state index contributed by atoms with van der Waals surface area (Å²) in [6.07, 6.45) is 1.18. The first-order valence-corrected chi connectivity index (χ1v) is 6.59. The van der Waals surface area contributed by atoms with Crippen molar-refractivity contribution in [2.75, 3.05) is 6.54 Å². The molecule has 1 aliphatic rings. The van der Waals surface area contributed by atoms with Crippen LogP contribution >= 0.6 is 15.9 Å². The van der Waals surface area contributed by atoms with Crippen molar-refractivity contribution < 1.29 is 0 Å². The van der Waals surface area contributed by atoms with Gasteiger partial charge in [0.25, 0.3) is 0 Å². The summed E-state index contributed by atoms with van der Waals surface area (Å²) < 4.78 is 3.66. The first-order valence-electron chi connectivity index (χ1n) is 5.79. The Morgan fingerprint density at radius 1 is 1.44 bits per heavy atom. The zero-order valence-electron chi connectivity index (χ0n) is 9.33. The summed E-state index contributed by atoms with van der Waals surface area (Å²) in [5, 5.41) is 4.83. The molecule has 3 heteroatoms. The Morgan fingerprint density at radius 3 is 3.12 bits per heavy atom. The molecule has 0 spiro atoms. The third-order valence-corrected chi connectivity index (χ3v) is 3.90. The highest BCUT2D eigenvalue weighted by Crippen LogP contribution is 2.30. The fraction of sp³-hybridized carbons (Fsp3) is 0.385. The number of benzene rings is 1. The zero-order valence-corrected chi connectivity index (χ0v) is 10.9. The summed E-state index contributed by atoms with van der Waals surface area (Å²) in [7, 11) is 0. The molecule has 0 bridgehead atoms. The summed E-state index contributed by atoms with van der Waals surface area (Å²) in [4.78, 5) is 0. The van der Waals surface area contributed by atoms with Crippen LogP contribution in [0.4, 0.5) is 0 Å². The highest BCUT2D eigenvalue weighted by atomic mass is 79.9. The highest BCUT2D eigenvalue weighted by molar-refractivity contribution is 9.10. The van der Waals surface area contributed by atoms with Crippen LogP contribution in [0.25, 0.3) is 10.9 Å². The van der Waals surface area contributed by atoms with Crippen LogP contribution in [0.3, 0.4) is 0 Å². The van der Waals surface area contributed by atoms with E-state index in [0.29, 0.717) is 6.04 Å². The molecule has 1 aromatic heterocycles. The van der Waals surface area contributed by atoms with E-state index in [1.54, 1.807) is 0 Å². The Hall–Kier alpha value is -0.800. The van der Waals surface area contributed by atoms with Crippen molar-refractivity contribution in [1.29, 1.82) is 0 Å². The molecule has 16 heavy (non-hydrogen) atoms. The quantitative estimate of drug-likeness (QED) is 0.846. The molecule has 1 atom stereocenters. The van der Waals surface area contributed by atoms with Gasteiger partial charge in [0, 0.05) is 34.8 Å². The average Bonchev–Trinajstić information content (AvgIpc) is 2.66. The predicted molar refractivity (Wildman–Crippen MR) is 70.7 cm³/mol. The standard InChI is InChI=1S/C13H15BrN2/c1-2-11-7-15-8-12-5-9-3-4-10(14)6-13(9)16(11)12/h3-6,11,15H,2,7-8H2,1H3. The van der Waals surface area contributed by atoms with E-state index >= 15 is 0 Å². The second-order valence-electron chi connectivity index (χ2n) is 4.40. The van der Waals surface area contributed by atoms with Gasteiger partial charge in [-0.15, -0.1) is 0 Å². The summed E-state index contributed by atoms with van der Waals surface area (Å²) >= 11 is 3.56. The van der Waals surface area contributed by atoms with E-state index in [1.165, 1.54) is 23.0 Å². The third-order valence-electron chi connectivity index (χ3n) is 3.41. The number of hydrogen-bond donors (Lipinski definition) is 1. The fourth-order valence-corrected chi connectivity index (χ4v) is 2.95. The maximum absolute atomic E-state index is 3.56. The van der Waals surface area contributed by atoms with E-state index in [1.807, 2.05) is 0 Å². The maximum atomic E-state index is 3.56. The minimum Gasteiger partial charge on any atom is -0.339 e. The van der Waals surface area contributed by atoms with Crippen LogP contribution in [0, 0.1) is 0 Å². The zero-order chi connectivity index (χ0) is 11.1. The van der Waals surface area contributed by atoms with Gasteiger partial charge in [-0.2, -0.15) is 0 Å². The summed E-state index contributed by atoms with van der Waals surface area (Å²) in [5.74, 6) is 0. The van der Waals surface area contributed by atoms with Gasteiger partial charge in [0.1, 0.15) is 0 Å². The molecule has 0 amide bonds. The largest absolute Gasteiger partial charge is 0.339 e. The lowest BCUT2D eigenvalue weighted by atomic mass is 10.1. The molecule has 1 aliphatic heterocycles. The van der Waals surface area contributed by atoms with Crippen molar-refractivity contribution >= 4 is 26.8 Å². The van der Waals surface area contributed by atoms with Crippen molar-refractivity contribution in [2.45, 2.75) is 25.9 Å². The van der Waals surface area contributed by atoms with Gasteiger partial charge in [-0.3, -0.25) is 0 Å². The van der Waals surface area contributed by atoms with Crippen LogP contribution < -0.4 is 5.32 Å². The number of fused-ring (bicyclic) bond motifs is 3. The summed E-state index contributed by atoms with van der Waals surface area (Å²) in [6, 6.07) is 9.43. The van der Waals surface area contributed by atoms with Gasteiger partial charge in [-0.05, 0) is 30.0 Å². The monoisotopic (exact) mass is 278 g/mol. The number of nitrogens with one attached hydrogen (secondary N) is 1. The van der Waals surface area contributed by atoms with Crippen LogP contribution in [0.2, 0.25) is 0 Å². The van der Waals surface area contributed by atoms with Crippen LogP contribution in [-0.4, -0.2) is 11.1 Å². The van der Waals surface area contributed by atoms with E-state index in [4.69, 9.17) is 0 Å². The minimum absolute atomic E-state index is 0.593. The minimum atomic E-state index is 0.593. The van der Waals surface area contributed by atoms with Gasteiger partial charge < -0.3 is 9.88 Å². The number of hydrogen-bond acceptors (Lipinski definition) is 1. The lowest BCUT2D eigenvalue weighted by Crippen LogP contribution is -2.32. The topological polar surface area (TPSA) is 17.0 Å². The summed E-state index contributed by atoms with van der Waals surface area (Å²) in [5.41, 5.74) is 2.77. The number of rotatable bonds is 1. The fourth-order valence-electron chi connectivity index (χ4n) is 2.60. The molecule has 3 rings (SSSR count). The van der Waals surface area contributed by atoms with E-state index in [-0.39, 0.29) is 0 Å². The lowest BCUT2D eigenvalue weighted by molar-refractivity contribution is 0.402. The van der Waals surface area contributed by atoms with E-state index in [2.05, 4.69) is 57.0 Å². The maximum Gasteiger partial charge on any atom is 0.0497 e.